The summed E-state index contributed by atoms with van der Waals surface area (Å²) in [6, 6.07) is 4.81. The van der Waals surface area contributed by atoms with Crippen LogP contribution in [0.2, 0.25) is 0 Å². The van der Waals surface area contributed by atoms with Gasteiger partial charge in [-0.2, -0.15) is 0 Å². The summed E-state index contributed by atoms with van der Waals surface area (Å²) in [5.41, 5.74) is 2.78. The van der Waals surface area contributed by atoms with Gasteiger partial charge >= 0.3 is 0 Å². The van der Waals surface area contributed by atoms with Gasteiger partial charge in [-0.05, 0) is 61.9 Å². The van der Waals surface area contributed by atoms with Gasteiger partial charge in [0.05, 0.1) is 5.92 Å². The maximum atomic E-state index is 13.9. The van der Waals surface area contributed by atoms with E-state index in [1.54, 1.807) is 4.90 Å². The Balaban J connectivity index is 1.21. The van der Waals surface area contributed by atoms with Crippen LogP contribution in [-0.2, 0) is 25.5 Å². The van der Waals surface area contributed by atoms with Gasteiger partial charge in [0.1, 0.15) is 12.1 Å². The number of hydrogen-bond acceptors (Lipinski definition) is 6. The molecule has 10 heteroatoms. The zero-order valence-corrected chi connectivity index (χ0v) is 22.7. The molecule has 10 nitrogen and oxygen atoms in total. The highest BCUT2D eigenvalue weighted by atomic mass is 16.7. The van der Waals surface area contributed by atoms with Crippen molar-refractivity contribution >= 4 is 34.2 Å². The van der Waals surface area contributed by atoms with Gasteiger partial charge in [0, 0.05) is 36.2 Å². The monoisotopic (exact) mass is 533 g/mol. The molecule has 1 aromatic carbocycles. The zero-order chi connectivity index (χ0) is 27.4. The van der Waals surface area contributed by atoms with Crippen molar-refractivity contribution in [1.29, 1.82) is 0 Å². The third kappa shape index (κ3) is 3.28. The molecule has 5 heterocycles. The van der Waals surface area contributed by atoms with E-state index in [2.05, 4.69) is 33.5 Å². The third-order valence-electron chi connectivity index (χ3n) is 9.43. The van der Waals surface area contributed by atoms with E-state index in [9.17, 15) is 19.5 Å². The highest BCUT2D eigenvalue weighted by Gasteiger charge is 2.70. The Morgan fingerprint density at radius 2 is 2.08 bits per heavy atom. The fraction of sp³-hybridized carbons (Fsp3) is 0.552. The topological polar surface area (TPSA) is 118 Å². The Hall–Kier alpha value is -3.21. The molecule has 0 spiro atoms. The molecule has 4 aliphatic heterocycles. The Morgan fingerprint density at radius 1 is 1.28 bits per heavy atom. The maximum absolute atomic E-state index is 13.9. The smallest absolute Gasteiger partial charge is 0.280 e. The molecule has 6 atom stereocenters. The lowest BCUT2D eigenvalue weighted by Crippen LogP contribution is -2.72. The van der Waals surface area contributed by atoms with Crippen LogP contribution < -0.4 is 5.32 Å². The number of carbonyl (C=O) groups excluding carboxylic acids is 3. The molecular formula is C29H35N5O5. The summed E-state index contributed by atoms with van der Waals surface area (Å²) in [5.74, 6) is -3.87. The molecule has 206 valence electrons. The van der Waals surface area contributed by atoms with Crippen molar-refractivity contribution < 1.29 is 24.2 Å². The number of aliphatic hydroxyl groups is 1. The second kappa shape index (κ2) is 8.16. The van der Waals surface area contributed by atoms with Crippen LogP contribution in [0.5, 0.6) is 0 Å². The number of H-pyrrole nitrogens is 1. The number of nitrogens with zero attached hydrogens (tertiary/aromatic N) is 3. The molecule has 3 N–H and O–H groups in total. The van der Waals surface area contributed by atoms with Gasteiger partial charge in [0.25, 0.3) is 11.8 Å². The number of hydrogen-bond donors (Lipinski definition) is 3. The number of carbonyl (C=O) groups is 3. The van der Waals surface area contributed by atoms with E-state index in [1.807, 2.05) is 33.0 Å². The number of likely N-dealkylation sites (N-methyl/N-ethyl adjacent to an activating group) is 1. The second-order valence-electron chi connectivity index (χ2n) is 12.3. The molecule has 39 heavy (non-hydrogen) atoms. The molecule has 1 aromatic heterocycles. The Labute approximate surface area is 226 Å². The largest absolute Gasteiger partial charge is 0.361 e. The minimum absolute atomic E-state index is 0.156. The number of rotatable bonds is 3. The van der Waals surface area contributed by atoms with Crippen molar-refractivity contribution in [1.82, 2.24) is 25.0 Å². The first-order chi connectivity index (χ1) is 18.5. The lowest BCUT2D eigenvalue weighted by Gasteiger charge is -2.49. The van der Waals surface area contributed by atoms with E-state index in [-0.39, 0.29) is 23.8 Å². The van der Waals surface area contributed by atoms with Crippen LogP contribution >= 0.6 is 0 Å². The highest BCUT2D eigenvalue weighted by molar-refractivity contribution is 6.00. The van der Waals surface area contributed by atoms with E-state index >= 15 is 0 Å². The SMILES string of the molecule is CC(C)C1C(=O)N2CCC[C@H]2C2(O)O[C@@](C)(NC(=O)[C@@H]3C=C4c5cccc6[nH]cc(c56)C[C@H]4N(C)C3)C(=O)N12. The molecule has 0 bridgehead atoms. The lowest BCUT2D eigenvalue weighted by molar-refractivity contribution is -0.317. The van der Waals surface area contributed by atoms with Gasteiger partial charge in [-0.15, -0.1) is 0 Å². The van der Waals surface area contributed by atoms with Crippen LogP contribution in [0.25, 0.3) is 16.5 Å². The molecule has 5 aliphatic rings. The first-order valence-corrected chi connectivity index (χ1v) is 13.9. The third-order valence-corrected chi connectivity index (χ3v) is 9.43. The molecule has 3 saturated heterocycles. The van der Waals surface area contributed by atoms with E-state index < -0.39 is 35.5 Å². The van der Waals surface area contributed by atoms with Crippen molar-refractivity contribution in [2.75, 3.05) is 20.1 Å². The maximum Gasteiger partial charge on any atom is 0.280 e. The van der Waals surface area contributed by atoms with Gasteiger partial charge in [0.15, 0.2) is 0 Å². The molecule has 3 amide bonds. The van der Waals surface area contributed by atoms with Crippen LogP contribution in [0, 0.1) is 11.8 Å². The van der Waals surface area contributed by atoms with Crippen LogP contribution in [0.1, 0.15) is 44.7 Å². The van der Waals surface area contributed by atoms with Gasteiger partial charge in [0.2, 0.25) is 17.5 Å². The minimum atomic E-state index is -1.99. The van der Waals surface area contributed by atoms with Crippen molar-refractivity contribution in [3.05, 3.63) is 41.6 Å². The average molecular weight is 534 g/mol. The number of fused-ring (bicyclic) bond motifs is 5. The van der Waals surface area contributed by atoms with Crippen molar-refractivity contribution in [3.8, 4) is 0 Å². The fourth-order valence-corrected chi connectivity index (χ4v) is 7.63. The molecule has 2 unspecified atom stereocenters. The summed E-state index contributed by atoms with van der Waals surface area (Å²) in [6.07, 6.45) is 6.19. The molecule has 1 aliphatic carbocycles. The van der Waals surface area contributed by atoms with Crippen LogP contribution in [0.3, 0.4) is 0 Å². The number of nitrogens with one attached hydrogen (secondary N) is 2. The van der Waals surface area contributed by atoms with Gasteiger partial charge in [-0.25, -0.2) is 0 Å². The van der Waals surface area contributed by atoms with Gasteiger partial charge in [-0.1, -0.05) is 32.1 Å². The quantitative estimate of drug-likeness (QED) is 0.549. The average Bonchev–Trinajstić information content (AvgIpc) is 3.59. The summed E-state index contributed by atoms with van der Waals surface area (Å²) >= 11 is 0. The highest BCUT2D eigenvalue weighted by Crippen LogP contribution is 2.47. The molecule has 0 saturated carbocycles. The van der Waals surface area contributed by atoms with Gasteiger partial charge in [-0.3, -0.25) is 28.9 Å². The van der Waals surface area contributed by atoms with E-state index in [0.717, 1.165) is 29.5 Å². The zero-order valence-electron chi connectivity index (χ0n) is 22.7. The summed E-state index contributed by atoms with van der Waals surface area (Å²) in [5, 5.41) is 15.9. The van der Waals surface area contributed by atoms with Crippen LogP contribution in [0.15, 0.2) is 30.5 Å². The first-order valence-electron chi connectivity index (χ1n) is 13.9. The first kappa shape index (κ1) is 24.8. The van der Waals surface area contributed by atoms with Crippen LogP contribution in [-0.4, -0.2) is 92.4 Å². The van der Waals surface area contributed by atoms with Crippen molar-refractivity contribution in [2.24, 2.45) is 11.8 Å². The normalized spacial score (nSPS) is 35.8. The number of aromatic amines is 1. The predicted octanol–water partition coefficient (Wildman–Crippen LogP) is 1.40. The molecule has 2 aromatic rings. The van der Waals surface area contributed by atoms with E-state index in [0.29, 0.717) is 19.5 Å². The summed E-state index contributed by atoms with van der Waals surface area (Å²) < 4.78 is 6.14. The fourth-order valence-electron chi connectivity index (χ4n) is 7.63. The minimum Gasteiger partial charge on any atom is -0.361 e. The van der Waals surface area contributed by atoms with E-state index in [1.165, 1.54) is 22.8 Å². The number of ether oxygens (including phenoxy) is 1. The van der Waals surface area contributed by atoms with Gasteiger partial charge < -0.3 is 20.3 Å². The molecule has 7 rings (SSSR count). The lowest BCUT2D eigenvalue weighted by atomic mass is 9.79. The summed E-state index contributed by atoms with van der Waals surface area (Å²) in [6.45, 7) is 6.18. The summed E-state index contributed by atoms with van der Waals surface area (Å²) in [4.78, 5) is 49.4. The van der Waals surface area contributed by atoms with E-state index in [4.69, 9.17) is 4.74 Å². The Bertz CT molecular complexity index is 1450. The van der Waals surface area contributed by atoms with Crippen LogP contribution in [0.4, 0.5) is 0 Å². The number of piperazine rings is 1. The standard InChI is InChI=1S/C29H35N5O5/c1-15(2)24-26(36)33-10-6-9-22(33)29(38)34(24)27(37)28(3,39-29)31-25(35)17-11-19-18-7-5-8-20-23(18)16(13-30-20)12-21(19)32(4)14-17/h5,7-8,11,13,15,17,21-22,24,30,38H,6,9-10,12,14H2,1-4H3,(H,31,35)/t17-,21-,22+,24?,28-,29?/m1/s1. The second-order valence-corrected chi connectivity index (χ2v) is 12.3. The number of benzene rings is 1. The Morgan fingerprint density at radius 3 is 2.85 bits per heavy atom. The Kier molecular flexibility index (Phi) is 5.19. The number of amides is 3. The van der Waals surface area contributed by atoms with Crippen molar-refractivity contribution in [2.45, 2.75) is 69.8 Å². The predicted molar refractivity (Wildman–Crippen MR) is 143 cm³/mol. The molecular weight excluding hydrogens is 498 g/mol. The van der Waals surface area contributed by atoms with Crippen molar-refractivity contribution in [3.63, 3.8) is 0 Å². The number of aromatic nitrogens is 1. The molecule has 3 fully saturated rings. The summed E-state index contributed by atoms with van der Waals surface area (Å²) in [7, 11) is 2.02. The molecule has 0 radical (unpaired) electrons.